The van der Waals surface area contributed by atoms with Gasteiger partial charge >= 0.3 is 0 Å². The van der Waals surface area contributed by atoms with E-state index in [1.165, 1.54) is 16.7 Å². The summed E-state index contributed by atoms with van der Waals surface area (Å²) in [7, 11) is 0. The second kappa shape index (κ2) is 4.58. The summed E-state index contributed by atoms with van der Waals surface area (Å²) >= 11 is 12.0. The van der Waals surface area contributed by atoms with Gasteiger partial charge in [0.1, 0.15) is 0 Å². The molecule has 1 unspecified atom stereocenters. The molecule has 0 bridgehead atoms. The number of nitrogens with two attached hydrogens (primary N) is 1. The van der Waals surface area contributed by atoms with Crippen molar-refractivity contribution in [3.05, 3.63) is 57.6 Å². The summed E-state index contributed by atoms with van der Waals surface area (Å²) in [5.41, 5.74) is 11.0. The standard InChI is InChI=1S/C15H13Cl2N/c16-13-6-4-9(8-14(13)17)10-2-1-3-12-11(10)5-7-15(12)18/h1-4,6,8,15H,5,7,18H2. The van der Waals surface area contributed by atoms with Crippen LogP contribution in [0.3, 0.4) is 0 Å². The summed E-state index contributed by atoms with van der Waals surface area (Å²) < 4.78 is 0. The lowest BCUT2D eigenvalue weighted by molar-refractivity contribution is 0.713. The van der Waals surface area contributed by atoms with Crippen molar-refractivity contribution in [2.24, 2.45) is 5.73 Å². The van der Waals surface area contributed by atoms with Crippen molar-refractivity contribution in [3.8, 4) is 11.1 Å². The van der Waals surface area contributed by atoms with Crippen molar-refractivity contribution in [2.45, 2.75) is 18.9 Å². The number of halogens is 2. The molecule has 2 aromatic rings. The fourth-order valence-electron chi connectivity index (χ4n) is 2.62. The first-order valence-corrected chi connectivity index (χ1v) is 6.75. The highest BCUT2D eigenvalue weighted by Crippen LogP contribution is 2.38. The molecule has 1 aliphatic carbocycles. The molecule has 0 spiro atoms. The zero-order valence-electron chi connectivity index (χ0n) is 9.79. The van der Waals surface area contributed by atoms with E-state index in [2.05, 4.69) is 18.2 Å². The molecule has 92 valence electrons. The molecule has 2 aromatic carbocycles. The maximum absolute atomic E-state index is 6.10. The van der Waals surface area contributed by atoms with Crippen molar-refractivity contribution in [3.63, 3.8) is 0 Å². The molecular weight excluding hydrogens is 265 g/mol. The van der Waals surface area contributed by atoms with Gasteiger partial charge in [-0.2, -0.15) is 0 Å². The van der Waals surface area contributed by atoms with E-state index in [9.17, 15) is 0 Å². The molecule has 0 saturated carbocycles. The second-order valence-electron chi connectivity index (χ2n) is 4.65. The molecular formula is C15H13Cl2N. The first kappa shape index (κ1) is 12.0. The van der Waals surface area contributed by atoms with Gasteiger partial charge < -0.3 is 5.73 Å². The Labute approximate surface area is 117 Å². The first-order valence-electron chi connectivity index (χ1n) is 5.99. The highest BCUT2D eigenvalue weighted by Gasteiger charge is 2.21. The Hall–Kier alpha value is -1.02. The minimum atomic E-state index is 0.169. The minimum Gasteiger partial charge on any atom is -0.324 e. The number of hydrogen-bond acceptors (Lipinski definition) is 1. The average Bonchev–Trinajstić information content (AvgIpc) is 2.75. The molecule has 1 nitrogen and oxygen atoms in total. The molecule has 18 heavy (non-hydrogen) atoms. The van der Waals surface area contributed by atoms with E-state index in [-0.39, 0.29) is 6.04 Å². The number of rotatable bonds is 1. The molecule has 0 heterocycles. The normalized spacial score (nSPS) is 17.8. The first-order chi connectivity index (χ1) is 8.66. The number of fused-ring (bicyclic) bond motifs is 1. The van der Waals surface area contributed by atoms with E-state index in [1.54, 1.807) is 0 Å². The number of benzene rings is 2. The van der Waals surface area contributed by atoms with E-state index in [4.69, 9.17) is 28.9 Å². The average molecular weight is 278 g/mol. The van der Waals surface area contributed by atoms with E-state index in [0.29, 0.717) is 10.0 Å². The topological polar surface area (TPSA) is 26.0 Å². The summed E-state index contributed by atoms with van der Waals surface area (Å²) in [6, 6.07) is 12.2. The smallest absolute Gasteiger partial charge is 0.0598 e. The SMILES string of the molecule is NC1CCc2c(-c3ccc(Cl)c(Cl)c3)cccc21. The third kappa shape index (κ3) is 1.93. The summed E-state index contributed by atoms with van der Waals surface area (Å²) in [5, 5.41) is 1.18. The van der Waals surface area contributed by atoms with Crippen LogP contribution >= 0.6 is 23.2 Å². The van der Waals surface area contributed by atoms with Crippen molar-refractivity contribution in [2.75, 3.05) is 0 Å². The van der Waals surface area contributed by atoms with Gasteiger partial charge in [0.15, 0.2) is 0 Å². The van der Waals surface area contributed by atoms with Crippen LogP contribution in [0.25, 0.3) is 11.1 Å². The van der Waals surface area contributed by atoms with Crippen molar-refractivity contribution >= 4 is 23.2 Å². The van der Waals surface area contributed by atoms with Crippen LogP contribution in [0.4, 0.5) is 0 Å². The summed E-state index contributed by atoms with van der Waals surface area (Å²) in [6.45, 7) is 0. The maximum atomic E-state index is 6.10. The van der Waals surface area contributed by atoms with Crippen LogP contribution in [0.2, 0.25) is 10.0 Å². The van der Waals surface area contributed by atoms with Gasteiger partial charge in [0.25, 0.3) is 0 Å². The van der Waals surface area contributed by atoms with Gasteiger partial charge in [-0.05, 0) is 47.2 Å². The summed E-state index contributed by atoms with van der Waals surface area (Å²) in [5.74, 6) is 0. The predicted molar refractivity (Wildman–Crippen MR) is 77.1 cm³/mol. The molecule has 3 rings (SSSR count). The Bertz CT molecular complexity index is 607. The lowest BCUT2D eigenvalue weighted by atomic mass is 9.96. The van der Waals surface area contributed by atoms with Gasteiger partial charge in [0, 0.05) is 6.04 Å². The molecule has 0 aliphatic heterocycles. The molecule has 1 atom stereocenters. The fraction of sp³-hybridized carbons (Fsp3) is 0.200. The molecule has 1 aliphatic rings. The van der Waals surface area contributed by atoms with Crippen molar-refractivity contribution in [1.82, 2.24) is 0 Å². The minimum absolute atomic E-state index is 0.169. The van der Waals surface area contributed by atoms with Crippen molar-refractivity contribution in [1.29, 1.82) is 0 Å². The molecule has 0 radical (unpaired) electrons. The Morgan fingerprint density at radius 3 is 2.67 bits per heavy atom. The maximum Gasteiger partial charge on any atom is 0.0598 e. The van der Waals surface area contributed by atoms with E-state index < -0.39 is 0 Å². The third-order valence-electron chi connectivity index (χ3n) is 3.55. The van der Waals surface area contributed by atoms with E-state index >= 15 is 0 Å². The molecule has 3 heteroatoms. The van der Waals surface area contributed by atoms with Gasteiger partial charge in [-0.15, -0.1) is 0 Å². The molecule has 0 saturated heterocycles. The zero-order valence-corrected chi connectivity index (χ0v) is 11.3. The van der Waals surface area contributed by atoms with Crippen LogP contribution in [-0.2, 0) is 6.42 Å². The summed E-state index contributed by atoms with van der Waals surface area (Å²) in [6.07, 6.45) is 2.06. The largest absolute Gasteiger partial charge is 0.324 e. The molecule has 0 amide bonds. The highest BCUT2D eigenvalue weighted by molar-refractivity contribution is 6.42. The van der Waals surface area contributed by atoms with Crippen LogP contribution in [-0.4, -0.2) is 0 Å². The lowest BCUT2D eigenvalue weighted by Gasteiger charge is -2.10. The van der Waals surface area contributed by atoms with E-state index in [0.717, 1.165) is 18.4 Å². The fourth-order valence-corrected chi connectivity index (χ4v) is 2.92. The Kier molecular flexibility index (Phi) is 3.06. The number of hydrogen-bond donors (Lipinski definition) is 1. The van der Waals surface area contributed by atoms with Gasteiger partial charge in [0.05, 0.1) is 10.0 Å². The quantitative estimate of drug-likeness (QED) is 0.810. The lowest BCUT2D eigenvalue weighted by Crippen LogP contribution is -2.04. The highest BCUT2D eigenvalue weighted by atomic mass is 35.5. The molecule has 2 N–H and O–H groups in total. The molecule has 0 aromatic heterocycles. The van der Waals surface area contributed by atoms with Crippen LogP contribution < -0.4 is 5.73 Å². The Morgan fingerprint density at radius 2 is 1.89 bits per heavy atom. The third-order valence-corrected chi connectivity index (χ3v) is 4.29. The van der Waals surface area contributed by atoms with Gasteiger partial charge in [-0.25, -0.2) is 0 Å². The predicted octanol–water partition coefficient (Wildman–Crippen LogP) is 4.61. The Morgan fingerprint density at radius 1 is 1.06 bits per heavy atom. The van der Waals surface area contributed by atoms with Crippen molar-refractivity contribution < 1.29 is 0 Å². The zero-order chi connectivity index (χ0) is 12.7. The van der Waals surface area contributed by atoms with Gasteiger partial charge in [0.2, 0.25) is 0 Å². The van der Waals surface area contributed by atoms with E-state index in [1.807, 2.05) is 18.2 Å². The Balaban J connectivity index is 2.15. The molecule has 0 fully saturated rings. The van der Waals surface area contributed by atoms with Crippen LogP contribution in [0.5, 0.6) is 0 Å². The monoisotopic (exact) mass is 277 g/mol. The van der Waals surface area contributed by atoms with Gasteiger partial charge in [-0.3, -0.25) is 0 Å². The van der Waals surface area contributed by atoms with Gasteiger partial charge in [-0.1, -0.05) is 47.5 Å². The van der Waals surface area contributed by atoms with Crippen LogP contribution in [0.1, 0.15) is 23.6 Å². The summed E-state index contributed by atoms with van der Waals surface area (Å²) in [4.78, 5) is 0. The van der Waals surface area contributed by atoms with Crippen LogP contribution in [0, 0.1) is 0 Å². The second-order valence-corrected chi connectivity index (χ2v) is 5.46. The van der Waals surface area contributed by atoms with Crippen LogP contribution in [0.15, 0.2) is 36.4 Å².